The Labute approximate surface area is 238 Å². The molecule has 0 bridgehead atoms. The van der Waals surface area contributed by atoms with Gasteiger partial charge >= 0.3 is 0 Å². The Balaban J connectivity index is 1.18. The lowest BCUT2D eigenvalue weighted by molar-refractivity contribution is -0.118. The van der Waals surface area contributed by atoms with Gasteiger partial charge in [0, 0.05) is 35.4 Å². The molecule has 11 heteroatoms. The zero-order chi connectivity index (χ0) is 27.1. The number of thioether (sulfide) groups is 1. The normalized spacial score (nSPS) is 11.2. The van der Waals surface area contributed by atoms with Crippen LogP contribution in [0.1, 0.15) is 5.56 Å². The van der Waals surface area contributed by atoms with Crippen LogP contribution in [0.3, 0.4) is 0 Å². The number of nitrogens with one attached hydrogen (secondary N) is 1. The van der Waals surface area contributed by atoms with Crippen LogP contribution in [0, 0.1) is 0 Å². The summed E-state index contributed by atoms with van der Waals surface area (Å²) in [6, 6.07) is 27.4. The first kappa shape index (κ1) is 25.4. The predicted octanol–water partition coefficient (Wildman–Crippen LogP) is 5.49. The van der Waals surface area contributed by atoms with Crippen LogP contribution in [-0.4, -0.2) is 47.4 Å². The van der Waals surface area contributed by atoms with E-state index in [0.29, 0.717) is 11.0 Å². The largest absolute Gasteiger partial charge is 0.272 e. The molecule has 40 heavy (non-hydrogen) atoms. The van der Waals surface area contributed by atoms with Crippen molar-refractivity contribution in [2.75, 3.05) is 5.75 Å². The third kappa shape index (κ3) is 5.60. The van der Waals surface area contributed by atoms with E-state index in [2.05, 4.69) is 25.7 Å². The molecule has 0 aliphatic heterocycles. The maximum Gasteiger partial charge on any atom is 0.250 e. The fourth-order valence-electron chi connectivity index (χ4n) is 4.00. The second-order valence-electron chi connectivity index (χ2n) is 8.49. The maximum absolute atomic E-state index is 12.7. The summed E-state index contributed by atoms with van der Waals surface area (Å²) in [5.74, 6) is 0.521. The minimum absolute atomic E-state index is 0.111. The van der Waals surface area contributed by atoms with Crippen LogP contribution in [0.25, 0.3) is 33.3 Å². The van der Waals surface area contributed by atoms with Crippen LogP contribution < -0.4 is 5.43 Å². The van der Waals surface area contributed by atoms with Gasteiger partial charge in [-0.1, -0.05) is 54.2 Å². The summed E-state index contributed by atoms with van der Waals surface area (Å²) in [5.41, 5.74) is 6.94. The van der Waals surface area contributed by atoms with Crippen LogP contribution in [0.15, 0.2) is 119 Å². The van der Waals surface area contributed by atoms with Gasteiger partial charge in [0.1, 0.15) is 5.69 Å². The number of hydrazone groups is 1. The molecule has 0 unspecified atom stereocenters. The summed E-state index contributed by atoms with van der Waals surface area (Å²) in [4.78, 5) is 17.9. The van der Waals surface area contributed by atoms with Crippen LogP contribution in [-0.2, 0) is 4.79 Å². The van der Waals surface area contributed by atoms with Gasteiger partial charge in [-0.3, -0.25) is 14.3 Å². The zero-order valence-electron chi connectivity index (χ0n) is 21.0. The molecule has 0 radical (unpaired) electrons. The highest BCUT2D eigenvalue weighted by Gasteiger charge is 2.17. The van der Waals surface area contributed by atoms with Crippen molar-refractivity contribution in [2.45, 2.75) is 5.16 Å². The van der Waals surface area contributed by atoms with E-state index in [1.54, 1.807) is 29.9 Å². The highest BCUT2D eigenvalue weighted by atomic mass is 32.2. The lowest BCUT2D eigenvalue weighted by atomic mass is 10.2. The van der Waals surface area contributed by atoms with Gasteiger partial charge in [0.25, 0.3) is 5.91 Å². The summed E-state index contributed by atoms with van der Waals surface area (Å²) in [6.07, 6.45) is 6.95. The Kier molecular flexibility index (Phi) is 7.55. The van der Waals surface area contributed by atoms with E-state index < -0.39 is 0 Å². The van der Waals surface area contributed by atoms with Gasteiger partial charge in [-0.05, 0) is 47.8 Å². The van der Waals surface area contributed by atoms with Crippen molar-refractivity contribution in [2.24, 2.45) is 5.10 Å². The third-order valence-electron chi connectivity index (χ3n) is 5.83. The zero-order valence-corrected chi connectivity index (χ0v) is 22.7. The van der Waals surface area contributed by atoms with Crippen LogP contribution >= 0.6 is 23.1 Å². The van der Waals surface area contributed by atoms with E-state index >= 15 is 0 Å². The van der Waals surface area contributed by atoms with Crippen LogP contribution in [0.4, 0.5) is 0 Å². The Morgan fingerprint density at radius 3 is 2.40 bits per heavy atom. The van der Waals surface area contributed by atoms with Crippen molar-refractivity contribution in [1.29, 1.82) is 0 Å². The Morgan fingerprint density at radius 2 is 1.68 bits per heavy atom. The molecule has 1 N–H and O–H groups in total. The van der Waals surface area contributed by atoms with Crippen molar-refractivity contribution < 1.29 is 4.79 Å². The van der Waals surface area contributed by atoms with E-state index in [4.69, 9.17) is 5.10 Å². The average molecular weight is 563 g/mol. The third-order valence-corrected chi connectivity index (χ3v) is 7.63. The molecular formula is C29H22N8OS2. The summed E-state index contributed by atoms with van der Waals surface area (Å²) in [5, 5.41) is 20.4. The quantitative estimate of drug-likeness (QED) is 0.142. The monoisotopic (exact) mass is 562 g/mol. The maximum atomic E-state index is 12.7. The molecule has 0 atom stereocenters. The number of nitrogens with zero attached hydrogens (tertiary/aromatic N) is 7. The minimum atomic E-state index is -0.262. The molecule has 196 valence electrons. The summed E-state index contributed by atoms with van der Waals surface area (Å²) < 4.78 is 3.74. The Hall–Kier alpha value is -4.87. The molecule has 0 aliphatic rings. The highest BCUT2D eigenvalue weighted by Crippen LogP contribution is 2.28. The fourth-order valence-corrected chi connectivity index (χ4v) is 5.47. The summed E-state index contributed by atoms with van der Waals surface area (Å²) in [6.45, 7) is 0. The molecule has 0 fully saturated rings. The number of rotatable bonds is 9. The molecule has 6 aromatic rings. The number of hydrogen-bond donors (Lipinski definition) is 1. The summed E-state index contributed by atoms with van der Waals surface area (Å²) >= 11 is 2.88. The first-order chi connectivity index (χ1) is 19.8. The summed E-state index contributed by atoms with van der Waals surface area (Å²) in [7, 11) is 0. The fraction of sp³-hybridized carbons (Fsp3) is 0.0345. The number of pyridine rings is 1. The van der Waals surface area contributed by atoms with E-state index in [0.717, 1.165) is 33.1 Å². The van der Waals surface area contributed by atoms with Crippen molar-refractivity contribution >= 4 is 35.2 Å². The smallest absolute Gasteiger partial charge is 0.250 e. The Morgan fingerprint density at radius 1 is 0.925 bits per heavy atom. The standard InChI is InChI=1S/C29H22N8OS2/c38-26(20-40-29-34-33-28(21-13-15-30-16-14-21)37(29)24-10-5-2-6-11-24)32-31-18-22-19-36(23-8-3-1-4-9-23)35-27(22)25-12-7-17-39-25/h1-19H,20H2,(H,32,38)/b31-18+. The average Bonchev–Trinajstić information content (AvgIpc) is 3.78. The van der Waals surface area contributed by atoms with Crippen molar-refractivity contribution in [3.63, 3.8) is 0 Å². The van der Waals surface area contributed by atoms with Gasteiger partial charge < -0.3 is 0 Å². The molecule has 2 aromatic carbocycles. The first-order valence-electron chi connectivity index (χ1n) is 12.3. The van der Waals surface area contributed by atoms with E-state index in [-0.39, 0.29) is 11.7 Å². The lowest BCUT2D eigenvalue weighted by Crippen LogP contribution is -2.20. The number of benzene rings is 2. The van der Waals surface area contributed by atoms with E-state index in [9.17, 15) is 4.79 Å². The predicted molar refractivity (Wildman–Crippen MR) is 158 cm³/mol. The molecule has 4 heterocycles. The van der Waals surface area contributed by atoms with Crippen LogP contribution in [0.2, 0.25) is 0 Å². The SMILES string of the molecule is O=C(CSc1nnc(-c2ccncc2)n1-c1ccccc1)N/N=C/c1cn(-c2ccccc2)nc1-c1cccs1. The molecule has 0 saturated carbocycles. The number of carbonyl (C=O) groups is 1. The number of para-hydroxylation sites is 2. The molecule has 0 aliphatic carbocycles. The number of amides is 1. The van der Waals surface area contributed by atoms with Gasteiger partial charge in [-0.15, -0.1) is 21.5 Å². The van der Waals surface area contributed by atoms with Crippen molar-refractivity contribution in [3.05, 3.63) is 114 Å². The molecular weight excluding hydrogens is 541 g/mol. The number of hydrogen-bond acceptors (Lipinski definition) is 8. The molecule has 0 spiro atoms. The first-order valence-corrected chi connectivity index (χ1v) is 14.2. The van der Waals surface area contributed by atoms with Gasteiger partial charge in [0.2, 0.25) is 0 Å². The molecule has 1 amide bonds. The highest BCUT2D eigenvalue weighted by molar-refractivity contribution is 7.99. The molecule has 0 saturated heterocycles. The van der Waals surface area contributed by atoms with Gasteiger partial charge in [-0.2, -0.15) is 10.2 Å². The second kappa shape index (κ2) is 11.9. The van der Waals surface area contributed by atoms with Crippen molar-refractivity contribution in [1.82, 2.24) is 35.0 Å². The number of aromatic nitrogens is 6. The van der Waals surface area contributed by atoms with Crippen LogP contribution in [0.5, 0.6) is 0 Å². The van der Waals surface area contributed by atoms with E-state index in [1.807, 2.05) is 106 Å². The second-order valence-corrected chi connectivity index (χ2v) is 10.4. The van der Waals surface area contributed by atoms with E-state index in [1.165, 1.54) is 11.8 Å². The lowest BCUT2D eigenvalue weighted by Gasteiger charge is -2.10. The molecule has 6 rings (SSSR count). The number of thiophene rings is 1. The topological polar surface area (TPSA) is 103 Å². The molecule has 9 nitrogen and oxygen atoms in total. The Bertz CT molecular complexity index is 1730. The molecule has 4 aromatic heterocycles. The van der Waals surface area contributed by atoms with Gasteiger partial charge in [-0.25, -0.2) is 10.1 Å². The van der Waals surface area contributed by atoms with Gasteiger partial charge in [0.05, 0.1) is 22.5 Å². The minimum Gasteiger partial charge on any atom is -0.272 e. The van der Waals surface area contributed by atoms with Gasteiger partial charge in [0.15, 0.2) is 11.0 Å². The number of carbonyl (C=O) groups excluding carboxylic acids is 1. The van der Waals surface area contributed by atoms with Crippen molar-refractivity contribution in [3.8, 4) is 33.3 Å².